The van der Waals surface area contributed by atoms with Gasteiger partial charge in [-0.1, -0.05) is 45.0 Å². The first-order valence-electron chi connectivity index (χ1n) is 16.1. The van der Waals surface area contributed by atoms with Gasteiger partial charge in [0.25, 0.3) is 11.7 Å². The molecule has 11 nitrogen and oxygen atoms in total. The van der Waals surface area contributed by atoms with Crippen LogP contribution in [0.25, 0.3) is 10.8 Å². The number of anilines is 5. The van der Waals surface area contributed by atoms with Gasteiger partial charge in [0, 0.05) is 55.1 Å². The van der Waals surface area contributed by atoms with E-state index in [-0.39, 0.29) is 11.0 Å². The van der Waals surface area contributed by atoms with E-state index in [1.165, 1.54) is 7.11 Å². The molecule has 1 aromatic heterocycles. The van der Waals surface area contributed by atoms with Gasteiger partial charge in [0.15, 0.2) is 5.75 Å². The highest BCUT2D eigenvalue weighted by Gasteiger charge is 2.27. The number of Topliss-reactive ketones (excluding diaryl/α,β-unsaturated/α-hetero) is 1. The summed E-state index contributed by atoms with van der Waals surface area (Å²) in [5, 5.41) is 7.61. The standard InChI is InChI=1S/C36H43N7O4/c1-36(2,3)23-21-28(37)33(46-4)30(22-23)40-34(45)32(44)27-9-10-29(26-8-6-5-7-25(26)27)39-31-11-14-38-35(41-31)43-15-12-24(13-16-43)42-17-19-47-20-18-42/h5-11,14,21-22,24H,12-13,15-20,37H2,1-4H3,(H,40,45)(H,38,39,41). The predicted molar refractivity (Wildman–Crippen MR) is 186 cm³/mol. The Hall–Kier alpha value is -4.74. The number of piperidine rings is 1. The molecule has 11 heteroatoms. The van der Waals surface area contributed by atoms with Crippen LogP contribution in [0.15, 0.2) is 60.8 Å². The number of nitrogen functional groups attached to an aromatic ring is 1. The molecule has 2 fully saturated rings. The van der Waals surface area contributed by atoms with Crippen molar-refractivity contribution in [2.45, 2.75) is 45.1 Å². The number of carbonyl (C=O) groups excluding carboxylic acids is 2. The fourth-order valence-corrected chi connectivity index (χ4v) is 6.39. The van der Waals surface area contributed by atoms with Crippen molar-refractivity contribution < 1.29 is 19.1 Å². The van der Waals surface area contributed by atoms with Gasteiger partial charge in [-0.25, -0.2) is 4.98 Å². The van der Waals surface area contributed by atoms with Crippen LogP contribution < -0.4 is 26.0 Å². The van der Waals surface area contributed by atoms with Crippen LogP contribution in [0.2, 0.25) is 0 Å². The normalized spacial score (nSPS) is 16.2. The lowest BCUT2D eigenvalue weighted by atomic mass is 9.86. The second-order valence-corrected chi connectivity index (χ2v) is 13.1. The van der Waals surface area contributed by atoms with Gasteiger partial charge < -0.3 is 30.7 Å². The van der Waals surface area contributed by atoms with Crippen LogP contribution in [0.4, 0.5) is 28.8 Å². The molecule has 4 aromatic rings. The van der Waals surface area contributed by atoms with Gasteiger partial charge in [-0.05, 0) is 59.5 Å². The number of morpholine rings is 1. The summed E-state index contributed by atoms with van der Waals surface area (Å²) in [6, 6.07) is 17.0. The fraction of sp³-hybridized carbons (Fsp3) is 0.389. The number of hydrogen-bond acceptors (Lipinski definition) is 10. The third-order valence-electron chi connectivity index (χ3n) is 9.03. The van der Waals surface area contributed by atoms with E-state index < -0.39 is 11.7 Å². The van der Waals surface area contributed by atoms with Gasteiger partial charge in [-0.2, -0.15) is 4.98 Å². The average molecular weight is 638 g/mol. The second kappa shape index (κ2) is 13.5. The number of carbonyl (C=O) groups is 2. The molecule has 0 spiro atoms. The number of nitrogens with two attached hydrogens (primary N) is 1. The van der Waals surface area contributed by atoms with Crippen LogP contribution in [-0.2, 0) is 14.9 Å². The van der Waals surface area contributed by atoms with E-state index in [0.29, 0.717) is 40.3 Å². The molecule has 0 radical (unpaired) electrons. The molecule has 2 aliphatic rings. The molecule has 6 rings (SSSR count). The Kier molecular flexibility index (Phi) is 9.28. The minimum absolute atomic E-state index is 0.229. The highest BCUT2D eigenvalue weighted by Crippen LogP contribution is 2.37. The number of nitrogens with one attached hydrogen (secondary N) is 2. The van der Waals surface area contributed by atoms with Gasteiger partial charge in [-0.3, -0.25) is 14.5 Å². The van der Waals surface area contributed by atoms with E-state index in [9.17, 15) is 9.59 Å². The number of benzene rings is 3. The van der Waals surface area contributed by atoms with Gasteiger partial charge in [0.2, 0.25) is 5.95 Å². The van der Waals surface area contributed by atoms with E-state index in [2.05, 4.69) is 25.4 Å². The summed E-state index contributed by atoms with van der Waals surface area (Å²) in [6.45, 7) is 11.5. The molecule has 0 saturated carbocycles. The largest absolute Gasteiger partial charge is 0.492 e. The average Bonchev–Trinajstić information content (AvgIpc) is 3.08. The van der Waals surface area contributed by atoms with E-state index in [1.54, 1.807) is 24.4 Å². The van der Waals surface area contributed by atoms with E-state index in [0.717, 1.165) is 68.9 Å². The van der Waals surface area contributed by atoms with Crippen molar-refractivity contribution in [3.63, 3.8) is 0 Å². The van der Waals surface area contributed by atoms with Crippen molar-refractivity contribution >= 4 is 51.3 Å². The van der Waals surface area contributed by atoms with Crippen LogP contribution in [-0.4, -0.2) is 79.1 Å². The van der Waals surface area contributed by atoms with Crippen molar-refractivity contribution in [3.05, 3.63) is 71.9 Å². The molecule has 4 N–H and O–H groups in total. The topological polar surface area (TPSA) is 135 Å². The zero-order chi connectivity index (χ0) is 33.1. The first-order valence-corrected chi connectivity index (χ1v) is 16.1. The third-order valence-corrected chi connectivity index (χ3v) is 9.03. The highest BCUT2D eigenvalue weighted by atomic mass is 16.5. The Bertz CT molecular complexity index is 1770. The third kappa shape index (κ3) is 7.01. The maximum absolute atomic E-state index is 13.6. The Morgan fingerprint density at radius 1 is 0.957 bits per heavy atom. The van der Waals surface area contributed by atoms with Crippen molar-refractivity contribution in [1.29, 1.82) is 0 Å². The van der Waals surface area contributed by atoms with Crippen LogP contribution in [0.3, 0.4) is 0 Å². The molecular formula is C36H43N7O4. The Morgan fingerprint density at radius 2 is 1.68 bits per heavy atom. The summed E-state index contributed by atoms with van der Waals surface area (Å²) >= 11 is 0. The minimum atomic E-state index is -0.780. The number of ketones is 1. The van der Waals surface area contributed by atoms with Gasteiger partial charge in [0.1, 0.15) is 5.82 Å². The predicted octanol–water partition coefficient (Wildman–Crippen LogP) is 5.38. The fourth-order valence-electron chi connectivity index (χ4n) is 6.39. The number of aromatic nitrogens is 2. The summed E-state index contributed by atoms with van der Waals surface area (Å²) in [7, 11) is 1.48. The molecule has 0 aliphatic carbocycles. The summed E-state index contributed by atoms with van der Waals surface area (Å²) in [5.74, 6) is 0.205. The first-order chi connectivity index (χ1) is 22.6. The summed E-state index contributed by atoms with van der Waals surface area (Å²) in [4.78, 5) is 41.2. The molecule has 0 unspecified atom stereocenters. The lowest BCUT2D eigenvalue weighted by Gasteiger charge is -2.40. The van der Waals surface area contributed by atoms with Crippen LogP contribution in [0.5, 0.6) is 5.75 Å². The number of methoxy groups -OCH3 is 1. The second-order valence-electron chi connectivity index (χ2n) is 13.1. The van der Waals surface area contributed by atoms with Crippen molar-refractivity contribution in [2.75, 3.05) is 67.8 Å². The number of hydrogen-bond donors (Lipinski definition) is 3. The summed E-state index contributed by atoms with van der Waals surface area (Å²) in [5.41, 5.74) is 8.71. The SMILES string of the molecule is COc1c(N)cc(C(C)(C)C)cc1NC(=O)C(=O)c1ccc(Nc2ccnc(N3CCC(N4CCOCC4)CC3)n2)c2ccccc12. The van der Waals surface area contributed by atoms with Crippen LogP contribution in [0.1, 0.15) is 49.5 Å². The molecule has 3 aromatic carbocycles. The molecule has 47 heavy (non-hydrogen) atoms. The molecule has 2 saturated heterocycles. The lowest BCUT2D eigenvalue weighted by molar-refractivity contribution is -0.112. The number of amides is 1. The van der Waals surface area contributed by atoms with Crippen molar-refractivity contribution in [2.24, 2.45) is 0 Å². The zero-order valence-electron chi connectivity index (χ0n) is 27.5. The number of fused-ring (bicyclic) bond motifs is 1. The molecule has 3 heterocycles. The minimum Gasteiger partial charge on any atom is -0.492 e. The first kappa shape index (κ1) is 32.2. The molecule has 246 valence electrons. The van der Waals surface area contributed by atoms with E-state index in [1.807, 2.05) is 57.2 Å². The lowest BCUT2D eigenvalue weighted by Crippen LogP contribution is -2.49. The van der Waals surface area contributed by atoms with Gasteiger partial charge >= 0.3 is 0 Å². The van der Waals surface area contributed by atoms with Crippen LogP contribution >= 0.6 is 0 Å². The molecule has 0 bridgehead atoms. The summed E-state index contributed by atoms with van der Waals surface area (Å²) < 4.78 is 11.0. The quantitative estimate of drug-likeness (QED) is 0.131. The smallest absolute Gasteiger partial charge is 0.296 e. The Morgan fingerprint density at radius 3 is 2.38 bits per heavy atom. The molecule has 1 amide bonds. The Balaban J connectivity index is 1.19. The van der Waals surface area contributed by atoms with Gasteiger partial charge in [0.05, 0.1) is 31.7 Å². The van der Waals surface area contributed by atoms with E-state index >= 15 is 0 Å². The van der Waals surface area contributed by atoms with Crippen LogP contribution in [0, 0.1) is 0 Å². The highest BCUT2D eigenvalue weighted by molar-refractivity contribution is 6.48. The maximum Gasteiger partial charge on any atom is 0.296 e. The summed E-state index contributed by atoms with van der Waals surface area (Å²) in [6.07, 6.45) is 3.90. The molecule has 2 aliphatic heterocycles. The molecule has 0 atom stereocenters. The zero-order valence-corrected chi connectivity index (χ0v) is 27.5. The van der Waals surface area contributed by atoms with Crippen molar-refractivity contribution in [1.82, 2.24) is 14.9 Å². The Labute approximate surface area is 275 Å². The van der Waals surface area contributed by atoms with E-state index in [4.69, 9.17) is 20.2 Å². The van der Waals surface area contributed by atoms with Crippen molar-refractivity contribution in [3.8, 4) is 5.75 Å². The molecular weight excluding hydrogens is 594 g/mol. The number of rotatable bonds is 8. The number of ether oxygens (including phenoxy) is 2. The van der Waals surface area contributed by atoms with Gasteiger partial charge in [-0.15, -0.1) is 0 Å². The number of nitrogens with zero attached hydrogens (tertiary/aromatic N) is 4. The monoisotopic (exact) mass is 637 g/mol. The maximum atomic E-state index is 13.6.